The number of carbonyl (C=O) groups excluding carboxylic acids is 1. The van der Waals surface area contributed by atoms with Crippen LogP contribution in [0.3, 0.4) is 0 Å². The maximum Gasteiger partial charge on any atom is 0.315 e. The van der Waals surface area contributed by atoms with Gasteiger partial charge >= 0.3 is 6.43 Å². The second kappa shape index (κ2) is 9.56. The molecule has 4 rings (SSSR count). The first-order chi connectivity index (χ1) is 15.4. The highest BCUT2D eigenvalue weighted by Gasteiger charge is 2.46. The van der Waals surface area contributed by atoms with E-state index in [1.54, 1.807) is 30.5 Å². The van der Waals surface area contributed by atoms with Crippen molar-refractivity contribution in [1.82, 2.24) is 20.5 Å². The molecule has 6 nitrogen and oxygen atoms in total. The standard InChI is InChI=1S/C23H27F3N4O2/c24-11-19(29-22(32)21(25)26)20(31)16-3-1-15(2-4-16)17-5-6-18(28-12-17)13-30-10-8-23(30)7-9-27-14-23/h1-6,12,19-21,27,31H,7-11,13-14H2,(H,29,32). The van der Waals surface area contributed by atoms with Gasteiger partial charge in [0.1, 0.15) is 12.8 Å². The number of carbonyl (C=O) groups is 1. The number of nitrogens with zero attached hydrogens (tertiary/aromatic N) is 2. The average molecular weight is 448 g/mol. The van der Waals surface area contributed by atoms with Gasteiger partial charge in [-0.2, -0.15) is 8.78 Å². The molecule has 3 atom stereocenters. The fraction of sp³-hybridized carbons (Fsp3) is 0.478. The van der Waals surface area contributed by atoms with E-state index in [-0.39, 0.29) is 0 Å². The summed E-state index contributed by atoms with van der Waals surface area (Å²) < 4.78 is 38.0. The van der Waals surface area contributed by atoms with Gasteiger partial charge in [0.05, 0.1) is 11.7 Å². The number of halogens is 3. The van der Waals surface area contributed by atoms with Crippen molar-refractivity contribution in [2.75, 3.05) is 26.3 Å². The number of hydrogen-bond donors (Lipinski definition) is 3. The second-order valence-corrected chi connectivity index (χ2v) is 8.50. The number of aliphatic hydroxyl groups is 1. The molecule has 3 unspecified atom stereocenters. The van der Waals surface area contributed by atoms with Crippen molar-refractivity contribution in [2.24, 2.45) is 0 Å². The summed E-state index contributed by atoms with van der Waals surface area (Å²) in [5, 5.41) is 15.6. The van der Waals surface area contributed by atoms with Crippen LogP contribution < -0.4 is 10.6 Å². The first kappa shape index (κ1) is 22.7. The van der Waals surface area contributed by atoms with E-state index in [2.05, 4.69) is 15.2 Å². The minimum absolute atomic E-state index is 0.295. The predicted octanol–water partition coefficient (Wildman–Crippen LogP) is 2.44. The molecular formula is C23H27F3N4O2. The maximum absolute atomic E-state index is 13.2. The average Bonchev–Trinajstić information content (AvgIpc) is 3.33. The number of amides is 1. The number of hydrogen-bond acceptors (Lipinski definition) is 5. The van der Waals surface area contributed by atoms with Crippen LogP contribution in [-0.4, -0.2) is 65.2 Å². The zero-order valence-electron chi connectivity index (χ0n) is 17.6. The van der Waals surface area contributed by atoms with Crippen LogP contribution in [-0.2, 0) is 11.3 Å². The lowest BCUT2D eigenvalue weighted by atomic mass is 9.83. The molecule has 9 heteroatoms. The molecule has 0 radical (unpaired) electrons. The minimum atomic E-state index is -3.27. The maximum atomic E-state index is 13.2. The third-order valence-electron chi connectivity index (χ3n) is 6.58. The fourth-order valence-corrected chi connectivity index (χ4v) is 4.48. The van der Waals surface area contributed by atoms with E-state index in [1.807, 2.05) is 17.4 Å². The topological polar surface area (TPSA) is 77.5 Å². The van der Waals surface area contributed by atoms with Gasteiger partial charge in [-0.3, -0.25) is 14.7 Å². The van der Waals surface area contributed by atoms with Crippen molar-refractivity contribution in [3.8, 4) is 11.1 Å². The molecule has 172 valence electrons. The summed E-state index contributed by atoms with van der Waals surface area (Å²) >= 11 is 0. The van der Waals surface area contributed by atoms with Crippen molar-refractivity contribution >= 4 is 5.91 Å². The van der Waals surface area contributed by atoms with E-state index in [1.165, 1.54) is 12.8 Å². The van der Waals surface area contributed by atoms with E-state index >= 15 is 0 Å². The van der Waals surface area contributed by atoms with Crippen molar-refractivity contribution in [2.45, 2.75) is 43.5 Å². The first-order valence-electron chi connectivity index (χ1n) is 10.8. The van der Waals surface area contributed by atoms with Gasteiger partial charge in [-0.25, -0.2) is 4.39 Å². The molecule has 1 spiro atoms. The number of likely N-dealkylation sites (tertiary alicyclic amines) is 1. The lowest BCUT2D eigenvalue weighted by Crippen LogP contribution is -2.60. The highest BCUT2D eigenvalue weighted by molar-refractivity contribution is 5.79. The van der Waals surface area contributed by atoms with Crippen LogP contribution in [0.2, 0.25) is 0 Å². The third-order valence-corrected chi connectivity index (χ3v) is 6.58. The molecule has 0 saturated carbocycles. The Morgan fingerprint density at radius 2 is 1.94 bits per heavy atom. The Morgan fingerprint density at radius 1 is 1.19 bits per heavy atom. The van der Waals surface area contributed by atoms with Crippen LogP contribution in [0, 0.1) is 0 Å². The summed E-state index contributed by atoms with van der Waals surface area (Å²) in [5.74, 6) is -1.61. The summed E-state index contributed by atoms with van der Waals surface area (Å²) in [6.45, 7) is 2.85. The molecule has 2 aliphatic heterocycles. The van der Waals surface area contributed by atoms with Gasteiger partial charge in [-0.05, 0) is 36.6 Å². The molecule has 3 N–H and O–H groups in total. The summed E-state index contributed by atoms with van der Waals surface area (Å²) in [5.41, 5.74) is 3.37. The van der Waals surface area contributed by atoms with Gasteiger partial charge in [-0.1, -0.05) is 30.3 Å². The molecule has 2 aromatic rings. The second-order valence-electron chi connectivity index (χ2n) is 8.50. The summed E-state index contributed by atoms with van der Waals surface area (Å²) in [6.07, 6.45) is -0.501. The van der Waals surface area contributed by atoms with E-state index in [4.69, 9.17) is 0 Å². The molecule has 2 fully saturated rings. The predicted molar refractivity (Wildman–Crippen MR) is 114 cm³/mol. The smallest absolute Gasteiger partial charge is 0.315 e. The Bertz CT molecular complexity index is 918. The molecule has 1 aromatic carbocycles. The van der Waals surface area contributed by atoms with Gasteiger partial charge in [0.25, 0.3) is 5.91 Å². The summed E-state index contributed by atoms with van der Waals surface area (Å²) in [4.78, 5) is 18.2. The van der Waals surface area contributed by atoms with Crippen LogP contribution >= 0.6 is 0 Å². The zero-order chi connectivity index (χ0) is 22.7. The monoisotopic (exact) mass is 448 g/mol. The number of rotatable bonds is 8. The Hall–Kier alpha value is -2.49. The SMILES string of the molecule is O=C(NC(CF)C(O)c1ccc(-c2ccc(CN3CCC34CCNC4)nc2)cc1)C(F)F. The molecular weight excluding hydrogens is 421 g/mol. The van der Waals surface area contributed by atoms with Crippen molar-refractivity contribution in [3.63, 3.8) is 0 Å². The molecule has 2 saturated heterocycles. The van der Waals surface area contributed by atoms with E-state index in [0.29, 0.717) is 11.1 Å². The van der Waals surface area contributed by atoms with Crippen LogP contribution in [0.1, 0.15) is 30.2 Å². The Balaban J connectivity index is 1.38. The van der Waals surface area contributed by atoms with Gasteiger partial charge in [0.2, 0.25) is 0 Å². The summed E-state index contributed by atoms with van der Waals surface area (Å²) in [7, 11) is 0. The highest BCUT2D eigenvalue weighted by Crippen LogP contribution is 2.37. The molecule has 0 aliphatic carbocycles. The molecule has 2 aliphatic rings. The molecule has 3 heterocycles. The third kappa shape index (κ3) is 4.65. The fourth-order valence-electron chi connectivity index (χ4n) is 4.48. The summed E-state index contributed by atoms with van der Waals surface area (Å²) in [6, 6.07) is 9.21. The van der Waals surface area contributed by atoms with Crippen LogP contribution in [0.15, 0.2) is 42.6 Å². The number of benzene rings is 1. The molecule has 32 heavy (non-hydrogen) atoms. The van der Waals surface area contributed by atoms with E-state index < -0.39 is 31.2 Å². The van der Waals surface area contributed by atoms with Gasteiger partial charge < -0.3 is 15.7 Å². The van der Waals surface area contributed by atoms with Crippen LogP contribution in [0.5, 0.6) is 0 Å². The Kier molecular flexibility index (Phi) is 6.78. The van der Waals surface area contributed by atoms with E-state index in [0.717, 1.165) is 43.0 Å². The van der Waals surface area contributed by atoms with Crippen LogP contribution in [0.25, 0.3) is 11.1 Å². The molecule has 1 aromatic heterocycles. The van der Waals surface area contributed by atoms with Crippen molar-refractivity contribution < 1.29 is 23.1 Å². The van der Waals surface area contributed by atoms with Crippen LogP contribution in [0.4, 0.5) is 13.2 Å². The van der Waals surface area contributed by atoms with Crippen molar-refractivity contribution in [3.05, 3.63) is 53.9 Å². The van der Waals surface area contributed by atoms with E-state index in [9.17, 15) is 23.1 Å². The normalized spacial score (nSPS) is 22.7. The molecule has 1 amide bonds. The lowest BCUT2D eigenvalue weighted by molar-refractivity contribution is -0.133. The number of aliphatic hydroxyl groups excluding tert-OH is 1. The quantitative estimate of drug-likeness (QED) is 0.578. The Labute approximate surface area is 184 Å². The largest absolute Gasteiger partial charge is 0.386 e. The number of aromatic nitrogens is 1. The number of pyridine rings is 1. The zero-order valence-corrected chi connectivity index (χ0v) is 17.6. The van der Waals surface area contributed by atoms with Gasteiger partial charge in [0, 0.05) is 36.9 Å². The first-order valence-corrected chi connectivity index (χ1v) is 10.8. The molecule has 0 bridgehead atoms. The number of alkyl halides is 3. The highest BCUT2D eigenvalue weighted by atomic mass is 19.3. The lowest BCUT2D eigenvalue weighted by Gasteiger charge is -2.50. The Morgan fingerprint density at radius 3 is 2.47 bits per heavy atom. The van der Waals surface area contributed by atoms with Gasteiger partial charge in [0.15, 0.2) is 0 Å². The van der Waals surface area contributed by atoms with Crippen molar-refractivity contribution in [1.29, 1.82) is 0 Å². The number of nitrogens with one attached hydrogen (secondary N) is 2. The minimum Gasteiger partial charge on any atom is -0.386 e. The van der Waals surface area contributed by atoms with Gasteiger partial charge in [-0.15, -0.1) is 0 Å².